The fourth-order valence-corrected chi connectivity index (χ4v) is 1.89. The van der Waals surface area contributed by atoms with Crippen LogP contribution in [0.15, 0.2) is 0 Å². The van der Waals surface area contributed by atoms with Crippen molar-refractivity contribution in [2.75, 3.05) is 39.9 Å². The molecule has 1 rings (SSSR count). The van der Waals surface area contributed by atoms with Crippen LogP contribution in [-0.4, -0.2) is 39.9 Å². The zero-order chi connectivity index (χ0) is 10.1. The maximum Gasteiger partial charge on any atom is 0.0462 e. The van der Waals surface area contributed by atoms with Gasteiger partial charge in [0.25, 0.3) is 0 Å². The van der Waals surface area contributed by atoms with E-state index in [2.05, 4.69) is 10.6 Å². The lowest BCUT2D eigenvalue weighted by atomic mass is 9.98. The Balaban J connectivity index is 1.82. The first kappa shape index (κ1) is 12.0. The van der Waals surface area contributed by atoms with Crippen LogP contribution in [-0.2, 0) is 4.74 Å². The first-order chi connectivity index (χ1) is 6.93. The van der Waals surface area contributed by atoms with Crippen LogP contribution < -0.4 is 10.6 Å². The van der Waals surface area contributed by atoms with Crippen LogP contribution in [0.1, 0.15) is 25.7 Å². The largest absolute Gasteiger partial charge is 0.385 e. The minimum Gasteiger partial charge on any atom is -0.385 e. The van der Waals surface area contributed by atoms with Crippen molar-refractivity contribution in [3.63, 3.8) is 0 Å². The summed E-state index contributed by atoms with van der Waals surface area (Å²) in [6.07, 6.45) is 5.09. The van der Waals surface area contributed by atoms with Gasteiger partial charge in [-0.1, -0.05) is 0 Å². The predicted molar refractivity (Wildman–Crippen MR) is 59.6 cm³/mol. The molecule has 84 valence electrons. The molecule has 2 N–H and O–H groups in total. The van der Waals surface area contributed by atoms with Gasteiger partial charge in [-0.2, -0.15) is 0 Å². The van der Waals surface area contributed by atoms with Gasteiger partial charge in [-0.25, -0.2) is 0 Å². The van der Waals surface area contributed by atoms with Gasteiger partial charge in [0.05, 0.1) is 0 Å². The molecule has 1 saturated heterocycles. The average molecular weight is 200 g/mol. The highest BCUT2D eigenvalue weighted by atomic mass is 16.5. The Labute approximate surface area is 87.6 Å². The lowest BCUT2D eigenvalue weighted by molar-refractivity contribution is 0.192. The van der Waals surface area contributed by atoms with E-state index in [1.165, 1.54) is 45.3 Å². The van der Waals surface area contributed by atoms with Gasteiger partial charge < -0.3 is 15.4 Å². The van der Waals surface area contributed by atoms with Gasteiger partial charge in [-0.15, -0.1) is 0 Å². The number of hydrogen-bond donors (Lipinski definition) is 2. The van der Waals surface area contributed by atoms with Crippen molar-refractivity contribution in [1.29, 1.82) is 0 Å². The third-order valence-electron chi connectivity index (χ3n) is 2.84. The maximum atomic E-state index is 5.00. The van der Waals surface area contributed by atoms with E-state index in [-0.39, 0.29) is 0 Å². The van der Waals surface area contributed by atoms with E-state index in [1.54, 1.807) is 7.11 Å². The number of nitrogens with one attached hydrogen (secondary N) is 2. The molecular weight excluding hydrogens is 176 g/mol. The Morgan fingerprint density at radius 3 is 2.79 bits per heavy atom. The molecule has 0 saturated carbocycles. The molecule has 1 aliphatic heterocycles. The van der Waals surface area contributed by atoms with Crippen molar-refractivity contribution in [3.8, 4) is 0 Å². The number of methoxy groups -OCH3 is 1. The monoisotopic (exact) mass is 200 g/mol. The number of unbranched alkanes of at least 4 members (excludes halogenated alkanes) is 1. The Bertz CT molecular complexity index is 124. The van der Waals surface area contributed by atoms with Crippen LogP contribution in [0.3, 0.4) is 0 Å². The van der Waals surface area contributed by atoms with Crippen LogP contribution in [0.4, 0.5) is 0 Å². The summed E-state index contributed by atoms with van der Waals surface area (Å²) in [6.45, 7) is 5.66. The van der Waals surface area contributed by atoms with Crippen molar-refractivity contribution < 1.29 is 4.74 Å². The molecule has 0 aromatic carbocycles. The van der Waals surface area contributed by atoms with Crippen LogP contribution in [0.5, 0.6) is 0 Å². The second kappa shape index (κ2) is 8.21. The fraction of sp³-hybridized carbons (Fsp3) is 1.00. The lowest BCUT2D eigenvalue weighted by Crippen LogP contribution is -2.33. The standard InChI is InChI=1S/C11H24N2O/c1-14-9-3-2-6-13-10-11-4-7-12-8-5-11/h11-13H,2-10H2,1H3. The molecule has 0 aromatic rings. The van der Waals surface area contributed by atoms with Crippen LogP contribution >= 0.6 is 0 Å². The highest BCUT2D eigenvalue weighted by Gasteiger charge is 2.11. The first-order valence-electron chi connectivity index (χ1n) is 5.84. The minimum atomic E-state index is 0.898. The van der Waals surface area contributed by atoms with Crippen molar-refractivity contribution in [1.82, 2.24) is 10.6 Å². The van der Waals surface area contributed by atoms with Gasteiger partial charge in [0.1, 0.15) is 0 Å². The molecule has 0 atom stereocenters. The van der Waals surface area contributed by atoms with Crippen molar-refractivity contribution >= 4 is 0 Å². The van der Waals surface area contributed by atoms with Gasteiger partial charge in [0.15, 0.2) is 0 Å². The summed E-state index contributed by atoms with van der Waals surface area (Å²) < 4.78 is 5.00. The van der Waals surface area contributed by atoms with Crippen LogP contribution in [0, 0.1) is 5.92 Å². The average Bonchev–Trinajstić information content (AvgIpc) is 2.25. The molecule has 0 bridgehead atoms. The lowest BCUT2D eigenvalue weighted by Gasteiger charge is -2.22. The van der Waals surface area contributed by atoms with Gasteiger partial charge in [0.2, 0.25) is 0 Å². The van der Waals surface area contributed by atoms with E-state index in [1.807, 2.05) is 0 Å². The number of rotatable bonds is 7. The molecule has 14 heavy (non-hydrogen) atoms. The zero-order valence-electron chi connectivity index (χ0n) is 9.35. The quantitative estimate of drug-likeness (QED) is 0.602. The maximum absolute atomic E-state index is 5.00. The molecule has 0 unspecified atom stereocenters. The summed E-state index contributed by atoms with van der Waals surface area (Å²) in [5, 5.41) is 6.92. The van der Waals surface area contributed by atoms with Crippen molar-refractivity contribution in [2.24, 2.45) is 5.92 Å². The molecular formula is C11H24N2O. The van der Waals surface area contributed by atoms with E-state index in [0.717, 1.165) is 19.1 Å². The summed E-state index contributed by atoms with van der Waals surface area (Å²) in [5.41, 5.74) is 0. The minimum absolute atomic E-state index is 0.898. The number of hydrogen-bond acceptors (Lipinski definition) is 3. The summed E-state index contributed by atoms with van der Waals surface area (Å²) in [5.74, 6) is 0.902. The molecule has 0 aliphatic carbocycles. The van der Waals surface area contributed by atoms with E-state index in [0.29, 0.717) is 0 Å². The molecule has 0 spiro atoms. The molecule has 1 fully saturated rings. The Hall–Kier alpha value is -0.120. The smallest absolute Gasteiger partial charge is 0.0462 e. The summed E-state index contributed by atoms with van der Waals surface area (Å²) in [6, 6.07) is 0. The predicted octanol–water partition coefficient (Wildman–Crippen LogP) is 1.00. The number of piperidine rings is 1. The van der Waals surface area contributed by atoms with Gasteiger partial charge >= 0.3 is 0 Å². The van der Waals surface area contributed by atoms with E-state index >= 15 is 0 Å². The molecule has 1 heterocycles. The van der Waals surface area contributed by atoms with Crippen molar-refractivity contribution in [3.05, 3.63) is 0 Å². The fourth-order valence-electron chi connectivity index (χ4n) is 1.89. The van der Waals surface area contributed by atoms with Gasteiger partial charge in [0, 0.05) is 13.7 Å². The van der Waals surface area contributed by atoms with Crippen LogP contribution in [0.2, 0.25) is 0 Å². The molecule has 3 nitrogen and oxygen atoms in total. The molecule has 0 amide bonds. The van der Waals surface area contributed by atoms with Gasteiger partial charge in [-0.05, 0) is 57.8 Å². The second-order valence-corrected chi connectivity index (χ2v) is 4.10. The summed E-state index contributed by atoms with van der Waals surface area (Å²) in [7, 11) is 1.77. The number of ether oxygens (including phenoxy) is 1. The second-order valence-electron chi connectivity index (χ2n) is 4.10. The third kappa shape index (κ3) is 5.58. The Morgan fingerprint density at radius 1 is 1.29 bits per heavy atom. The van der Waals surface area contributed by atoms with E-state index < -0.39 is 0 Å². The molecule has 0 aromatic heterocycles. The topological polar surface area (TPSA) is 33.3 Å². The molecule has 3 heteroatoms. The highest BCUT2D eigenvalue weighted by Crippen LogP contribution is 2.09. The van der Waals surface area contributed by atoms with E-state index in [4.69, 9.17) is 4.74 Å². The van der Waals surface area contributed by atoms with Crippen LogP contribution in [0.25, 0.3) is 0 Å². The SMILES string of the molecule is COCCCCNCC1CCNCC1. The molecule has 0 radical (unpaired) electrons. The first-order valence-corrected chi connectivity index (χ1v) is 5.84. The van der Waals surface area contributed by atoms with E-state index in [9.17, 15) is 0 Å². The van der Waals surface area contributed by atoms with Crippen molar-refractivity contribution in [2.45, 2.75) is 25.7 Å². The molecule has 1 aliphatic rings. The summed E-state index contributed by atoms with van der Waals surface area (Å²) in [4.78, 5) is 0. The zero-order valence-corrected chi connectivity index (χ0v) is 9.35. The normalized spacial score (nSPS) is 18.6. The Morgan fingerprint density at radius 2 is 2.07 bits per heavy atom. The Kier molecular flexibility index (Phi) is 7.01. The summed E-state index contributed by atoms with van der Waals surface area (Å²) >= 11 is 0. The highest BCUT2D eigenvalue weighted by molar-refractivity contribution is 4.70. The van der Waals surface area contributed by atoms with Gasteiger partial charge in [-0.3, -0.25) is 0 Å². The third-order valence-corrected chi connectivity index (χ3v) is 2.84.